The van der Waals surface area contributed by atoms with Gasteiger partial charge in [-0.2, -0.15) is 0 Å². The molecule has 0 saturated heterocycles. The van der Waals surface area contributed by atoms with Crippen LogP contribution in [-0.2, 0) is 17.7 Å². The molecule has 1 fully saturated rings. The van der Waals surface area contributed by atoms with E-state index < -0.39 is 5.60 Å². The van der Waals surface area contributed by atoms with Crippen LogP contribution in [0.3, 0.4) is 0 Å². The van der Waals surface area contributed by atoms with Gasteiger partial charge in [0.15, 0.2) is 5.16 Å². The normalized spacial score (nSPS) is 19.3. The van der Waals surface area contributed by atoms with E-state index in [1.165, 1.54) is 17.3 Å². The Bertz CT molecular complexity index is 579. The van der Waals surface area contributed by atoms with Crippen LogP contribution in [0.25, 0.3) is 0 Å². The Kier molecular flexibility index (Phi) is 3.39. The maximum absolute atomic E-state index is 12.5. The Morgan fingerprint density at radius 1 is 1.43 bits per heavy atom. The van der Waals surface area contributed by atoms with Gasteiger partial charge in [-0.3, -0.25) is 4.90 Å². The molecule has 2 heterocycles. The Balaban J connectivity index is 1.87. The first-order chi connectivity index (χ1) is 9.83. The molecule has 0 N–H and O–H groups in total. The summed E-state index contributed by atoms with van der Waals surface area (Å²) in [7, 11) is 0. The number of amides is 1. The molecule has 6 heteroatoms. The van der Waals surface area contributed by atoms with Gasteiger partial charge in [-0.1, -0.05) is 11.8 Å². The van der Waals surface area contributed by atoms with E-state index in [1.54, 1.807) is 0 Å². The molecule has 0 atom stereocenters. The summed E-state index contributed by atoms with van der Waals surface area (Å²) >= 11 is 1.52. The van der Waals surface area contributed by atoms with Gasteiger partial charge in [-0.15, -0.1) is 0 Å². The minimum atomic E-state index is -0.469. The van der Waals surface area contributed by atoms with Crippen LogP contribution < -0.4 is 0 Å². The Morgan fingerprint density at radius 3 is 2.71 bits per heavy atom. The highest BCUT2D eigenvalue weighted by Crippen LogP contribution is 2.48. The van der Waals surface area contributed by atoms with Crippen LogP contribution >= 0.6 is 11.8 Å². The molecule has 1 amide bonds. The number of thioether (sulfide) groups is 1. The van der Waals surface area contributed by atoms with Crippen molar-refractivity contribution < 1.29 is 9.53 Å². The first-order valence-electron chi connectivity index (χ1n) is 7.22. The summed E-state index contributed by atoms with van der Waals surface area (Å²) in [6.07, 6.45) is 6.57. The number of carbonyl (C=O) groups is 1. The van der Waals surface area contributed by atoms with Gasteiger partial charge in [0, 0.05) is 6.20 Å². The molecule has 1 aliphatic heterocycles. The standard InChI is InChI=1S/C15H21N3O2S/c1-14(2,3)20-13(19)18-9-11-10(7-15(18)5-6-15)8-16-12(17-11)21-4/h8H,5-7,9H2,1-4H3. The van der Waals surface area contributed by atoms with Crippen LogP contribution in [0.1, 0.15) is 44.9 Å². The molecule has 0 bridgehead atoms. The molecule has 1 saturated carbocycles. The zero-order valence-corrected chi connectivity index (χ0v) is 13.8. The minimum Gasteiger partial charge on any atom is -0.444 e. The van der Waals surface area contributed by atoms with E-state index in [0.29, 0.717) is 6.54 Å². The Labute approximate surface area is 129 Å². The van der Waals surface area contributed by atoms with E-state index in [0.717, 1.165) is 30.1 Å². The van der Waals surface area contributed by atoms with E-state index in [9.17, 15) is 4.79 Å². The number of carbonyl (C=O) groups excluding carboxylic acids is 1. The Morgan fingerprint density at radius 2 is 2.14 bits per heavy atom. The van der Waals surface area contributed by atoms with Crippen molar-refractivity contribution >= 4 is 17.9 Å². The fraction of sp³-hybridized carbons (Fsp3) is 0.667. The van der Waals surface area contributed by atoms with Gasteiger partial charge >= 0.3 is 6.09 Å². The lowest BCUT2D eigenvalue weighted by atomic mass is 9.97. The minimum absolute atomic E-state index is 0.0560. The highest BCUT2D eigenvalue weighted by atomic mass is 32.2. The summed E-state index contributed by atoms with van der Waals surface area (Å²) in [5, 5.41) is 0.754. The van der Waals surface area contributed by atoms with Crippen molar-refractivity contribution in [2.45, 2.75) is 62.9 Å². The second-order valence-electron chi connectivity index (χ2n) is 6.80. The van der Waals surface area contributed by atoms with Crippen LogP contribution in [0.4, 0.5) is 4.79 Å². The topological polar surface area (TPSA) is 55.3 Å². The zero-order valence-electron chi connectivity index (χ0n) is 13.0. The van der Waals surface area contributed by atoms with Gasteiger partial charge in [0.1, 0.15) is 5.60 Å². The highest BCUT2D eigenvalue weighted by Gasteiger charge is 2.53. The highest BCUT2D eigenvalue weighted by molar-refractivity contribution is 7.98. The van der Waals surface area contributed by atoms with Crippen LogP contribution in [0.2, 0.25) is 0 Å². The fourth-order valence-electron chi connectivity index (χ4n) is 2.74. The molecule has 0 aromatic carbocycles. The molecule has 0 unspecified atom stereocenters. The number of hydrogen-bond donors (Lipinski definition) is 0. The SMILES string of the molecule is CSc1ncc2c(n1)CN(C(=O)OC(C)(C)C)C1(CC1)C2. The third-order valence-corrected chi connectivity index (χ3v) is 4.52. The summed E-state index contributed by atoms with van der Waals surface area (Å²) in [5.41, 5.74) is 1.60. The van der Waals surface area contributed by atoms with Gasteiger partial charge in [0.25, 0.3) is 0 Å². The van der Waals surface area contributed by atoms with Crippen molar-refractivity contribution in [2.24, 2.45) is 0 Å². The average Bonchev–Trinajstić information content (AvgIpc) is 3.15. The molecule has 1 spiro atoms. The smallest absolute Gasteiger partial charge is 0.411 e. The van der Waals surface area contributed by atoms with Crippen molar-refractivity contribution in [3.8, 4) is 0 Å². The monoisotopic (exact) mass is 307 g/mol. The quantitative estimate of drug-likeness (QED) is 0.589. The van der Waals surface area contributed by atoms with Crippen LogP contribution in [0.15, 0.2) is 11.4 Å². The van der Waals surface area contributed by atoms with Crippen molar-refractivity contribution in [1.82, 2.24) is 14.9 Å². The van der Waals surface area contributed by atoms with Crippen molar-refractivity contribution in [3.63, 3.8) is 0 Å². The molecule has 21 heavy (non-hydrogen) atoms. The number of aromatic nitrogens is 2. The van der Waals surface area contributed by atoms with Crippen molar-refractivity contribution in [2.75, 3.05) is 6.26 Å². The first-order valence-corrected chi connectivity index (χ1v) is 8.45. The Hall–Kier alpha value is -1.30. The number of ether oxygens (including phenoxy) is 1. The fourth-order valence-corrected chi connectivity index (χ4v) is 3.10. The van der Waals surface area contributed by atoms with Crippen LogP contribution in [0, 0.1) is 0 Å². The summed E-state index contributed by atoms with van der Waals surface area (Å²) < 4.78 is 5.56. The molecule has 1 aliphatic carbocycles. The van der Waals surface area contributed by atoms with E-state index >= 15 is 0 Å². The first kappa shape index (κ1) is 14.6. The third kappa shape index (κ3) is 2.86. The van der Waals surface area contributed by atoms with E-state index in [4.69, 9.17) is 4.74 Å². The average molecular weight is 307 g/mol. The van der Waals surface area contributed by atoms with E-state index in [-0.39, 0.29) is 11.6 Å². The van der Waals surface area contributed by atoms with E-state index in [2.05, 4.69) is 9.97 Å². The maximum atomic E-state index is 12.5. The molecule has 3 rings (SSSR count). The predicted octanol–water partition coefficient (Wildman–Crippen LogP) is 3.02. The second-order valence-corrected chi connectivity index (χ2v) is 7.57. The third-order valence-electron chi connectivity index (χ3n) is 3.96. The van der Waals surface area contributed by atoms with Gasteiger partial charge in [0.05, 0.1) is 17.8 Å². The van der Waals surface area contributed by atoms with Crippen molar-refractivity contribution in [3.05, 3.63) is 17.5 Å². The molecule has 114 valence electrons. The van der Waals surface area contributed by atoms with Gasteiger partial charge < -0.3 is 4.74 Å². The summed E-state index contributed by atoms with van der Waals surface area (Å²) in [4.78, 5) is 23.3. The number of hydrogen-bond acceptors (Lipinski definition) is 5. The maximum Gasteiger partial charge on any atom is 0.411 e. The number of nitrogens with zero attached hydrogens (tertiary/aromatic N) is 3. The number of rotatable bonds is 1. The lowest BCUT2D eigenvalue weighted by Gasteiger charge is -2.37. The van der Waals surface area contributed by atoms with Crippen LogP contribution in [0.5, 0.6) is 0 Å². The van der Waals surface area contributed by atoms with Gasteiger partial charge in [-0.25, -0.2) is 14.8 Å². The zero-order chi connectivity index (χ0) is 15.3. The lowest BCUT2D eigenvalue weighted by Crippen LogP contribution is -2.48. The van der Waals surface area contributed by atoms with Crippen LogP contribution in [-0.4, -0.2) is 38.4 Å². The summed E-state index contributed by atoms with van der Waals surface area (Å²) in [6.45, 7) is 6.23. The lowest BCUT2D eigenvalue weighted by molar-refractivity contribution is 0.00773. The molecule has 1 aromatic heterocycles. The largest absolute Gasteiger partial charge is 0.444 e. The molecule has 1 aromatic rings. The van der Waals surface area contributed by atoms with Crippen molar-refractivity contribution in [1.29, 1.82) is 0 Å². The van der Waals surface area contributed by atoms with Gasteiger partial charge in [-0.05, 0) is 51.9 Å². The molecule has 0 radical (unpaired) electrons. The van der Waals surface area contributed by atoms with Gasteiger partial charge in [0.2, 0.25) is 0 Å². The predicted molar refractivity (Wildman–Crippen MR) is 81.3 cm³/mol. The molecule has 5 nitrogen and oxygen atoms in total. The summed E-state index contributed by atoms with van der Waals surface area (Å²) in [5.74, 6) is 0. The molecular formula is C15H21N3O2S. The second kappa shape index (κ2) is 4.87. The summed E-state index contributed by atoms with van der Waals surface area (Å²) in [6, 6.07) is 0. The molecular weight excluding hydrogens is 286 g/mol. The molecule has 2 aliphatic rings. The van der Waals surface area contributed by atoms with E-state index in [1.807, 2.05) is 38.1 Å². The number of fused-ring (bicyclic) bond motifs is 1.